The lowest BCUT2D eigenvalue weighted by molar-refractivity contribution is 0.0997. The summed E-state index contributed by atoms with van der Waals surface area (Å²) in [5.74, 6) is 4.14. The summed E-state index contributed by atoms with van der Waals surface area (Å²) in [6.07, 6.45) is 4.29. The maximum absolute atomic E-state index is 6.12. The van der Waals surface area contributed by atoms with Crippen molar-refractivity contribution in [3.63, 3.8) is 0 Å². The van der Waals surface area contributed by atoms with Crippen LogP contribution in [0.15, 0.2) is 36.4 Å². The van der Waals surface area contributed by atoms with Crippen LogP contribution in [0, 0.1) is 6.92 Å². The van der Waals surface area contributed by atoms with Gasteiger partial charge in [-0.1, -0.05) is 18.2 Å². The Morgan fingerprint density at radius 3 is 2.81 bits per heavy atom. The van der Waals surface area contributed by atoms with Crippen LogP contribution >= 0.6 is 0 Å². The Balaban J connectivity index is 1.44. The van der Waals surface area contributed by atoms with Gasteiger partial charge in [-0.25, -0.2) is 4.98 Å². The van der Waals surface area contributed by atoms with Gasteiger partial charge in [0.25, 0.3) is 0 Å². The van der Waals surface area contributed by atoms with Crippen LogP contribution in [0.25, 0.3) is 11.5 Å². The first-order valence-corrected chi connectivity index (χ1v) is 10.6. The van der Waals surface area contributed by atoms with E-state index in [0.29, 0.717) is 24.0 Å². The average Bonchev–Trinajstić information content (AvgIpc) is 3.58. The van der Waals surface area contributed by atoms with E-state index < -0.39 is 0 Å². The molecule has 2 aliphatic heterocycles. The summed E-state index contributed by atoms with van der Waals surface area (Å²) in [5.41, 5.74) is 1.76. The SMILES string of the molecule is COc1ccccc1Cc1nc([C@H]2C[C@@H]3CC[C@H]2O3)n(-c2ccc3nnc(C)n3n2)n1. The van der Waals surface area contributed by atoms with Gasteiger partial charge in [-0.15, -0.1) is 20.4 Å². The molecule has 0 radical (unpaired) electrons. The third-order valence-corrected chi connectivity index (χ3v) is 6.28. The first kappa shape index (κ1) is 18.4. The van der Waals surface area contributed by atoms with E-state index in [2.05, 4.69) is 10.2 Å². The van der Waals surface area contributed by atoms with Crippen molar-refractivity contribution in [3.8, 4) is 11.6 Å². The van der Waals surface area contributed by atoms with Crippen LogP contribution in [-0.4, -0.2) is 53.9 Å². The summed E-state index contributed by atoms with van der Waals surface area (Å²) in [4.78, 5) is 4.98. The maximum atomic E-state index is 6.12. The lowest BCUT2D eigenvalue weighted by Gasteiger charge is -2.18. The second-order valence-corrected chi connectivity index (χ2v) is 8.21. The molecule has 0 unspecified atom stereocenters. The molecule has 3 aromatic heterocycles. The molecular formula is C22H23N7O2. The minimum Gasteiger partial charge on any atom is -0.496 e. The Morgan fingerprint density at radius 1 is 1.10 bits per heavy atom. The fourth-order valence-corrected chi connectivity index (χ4v) is 4.78. The fourth-order valence-electron chi connectivity index (χ4n) is 4.78. The molecule has 5 heterocycles. The van der Waals surface area contributed by atoms with Gasteiger partial charge in [0.1, 0.15) is 11.6 Å². The second-order valence-electron chi connectivity index (χ2n) is 8.21. The van der Waals surface area contributed by atoms with Gasteiger partial charge in [-0.3, -0.25) is 0 Å². The summed E-state index contributed by atoms with van der Waals surface area (Å²) < 4.78 is 15.3. The average molecular weight is 417 g/mol. The highest BCUT2D eigenvalue weighted by atomic mass is 16.5. The van der Waals surface area contributed by atoms with Gasteiger partial charge in [0.2, 0.25) is 0 Å². The molecule has 1 aromatic carbocycles. The molecule has 2 bridgehead atoms. The first-order chi connectivity index (χ1) is 15.2. The van der Waals surface area contributed by atoms with E-state index in [-0.39, 0.29) is 12.0 Å². The summed E-state index contributed by atoms with van der Waals surface area (Å²) in [6.45, 7) is 1.88. The van der Waals surface area contributed by atoms with Crippen LogP contribution in [0.4, 0.5) is 0 Å². The highest BCUT2D eigenvalue weighted by Crippen LogP contribution is 2.44. The van der Waals surface area contributed by atoms with Crippen molar-refractivity contribution in [2.24, 2.45) is 0 Å². The minimum atomic E-state index is 0.201. The molecular weight excluding hydrogens is 394 g/mol. The smallest absolute Gasteiger partial charge is 0.178 e. The van der Waals surface area contributed by atoms with E-state index in [1.807, 2.05) is 48.0 Å². The van der Waals surface area contributed by atoms with Gasteiger partial charge in [0.05, 0.1) is 19.3 Å². The van der Waals surface area contributed by atoms with Crippen molar-refractivity contribution in [3.05, 3.63) is 59.4 Å². The van der Waals surface area contributed by atoms with Gasteiger partial charge in [-0.2, -0.15) is 9.20 Å². The lowest BCUT2D eigenvalue weighted by Crippen LogP contribution is -2.19. The Bertz CT molecular complexity index is 1260. The number of aromatic nitrogens is 7. The standard InChI is InChI=1S/C22H23N7O2/c1-13-24-25-20-9-10-21(27-28(13)20)29-22(16-12-15-7-8-18(16)31-15)23-19(26-29)11-14-5-3-4-6-17(14)30-2/h3-6,9-10,15-16,18H,7-8,11-12H2,1-2H3/t15-,16-,18+/m0/s1. The lowest BCUT2D eigenvalue weighted by atomic mass is 9.88. The maximum Gasteiger partial charge on any atom is 0.178 e. The minimum absolute atomic E-state index is 0.201. The fraction of sp³-hybridized carbons (Fsp3) is 0.409. The zero-order valence-electron chi connectivity index (χ0n) is 17.5. The van der Waals surface area contributed by atoms with Crippen molar-refractivity contribution >= 4 is 5.65 Å². The molecule has 0 spiro atoms. The topological polar surface area (TPSA) is 92.2 Å². The number of para-hydroxylation sites is 1. The van der Waals surface area contributed by atoms with Crippen LogP contribution in [-0.2, 0) is 11.2 Å². The molecule has 9 nitrogen and oxygen atoms in total. The zero-order chi connectivity index (χ0) is 20.9. The van der Waals surface area contributed by atoms with E-state index in [9.17, 15) is 0 Å². The Kier molecular flexibility index (Phi) is 4.24. The number of aryl methyl sites for hydroxylation is 1. The number of rotatable bonds is 5. The normalized spacial score (nSPS) is 22.5. The summed E-state index contributed by atoms with van der Waals surface area (Å²) in [6, 6.07) is 11.8. The predicted octanol–water partition coefficient (Wildman–Crippen LogP) is 2.65. The molecule has 2 fully saturated rings. The second kappa shape index (κ2) is 7.12. The molecule has 31 heavy (non-hydrogen) atoms. The molecule has 3 atom stereocenters. The van der Waals surface area contributed by atoms with Crippen LogP contribution < -0.4 is 4.74 Å². The molecule has 158 valence electrons. The van der Waals surface area contributed by atoms with E-state index >= 15 is 0 Å². The third kappa shape index (κ3) is 3.07. The Morgan fingerprint density at radius 2 is 2.00 bits per heavy atom. The largest absolute Gasteiger partial charge is 0.496 e. The molecule has 6 rings (SSSR count). The molecule has 0 N–H and O–H groups in total. The number of ether oxygens (including phenoxy) is 2. The highest BCUT2D eigenvalue weighted by molar-refractivity contribution is 5.40. The van der Waals surface area contributed by atoms with Gasteiger partial charge in [0, 0.05) is 17.9 Å². The van der Waals surface area contributed by atoms with Crippen molar-refractivity contribution < 1.29 is 9.47 Å². The molecule has 2 aliphatic rings. The van der Waals surface area contributed by atoms with Crippen LogP contribution in [0.3, 0.4) is 0 Å². The van der Waals surface area contributed by atoms with E-state index in [1.165, 1.54) is 0 Å². The molecule has 0 saturated carbocycles. The number of methoxy groups -OCH3 is 1. The molecule has 0 aliphatic carbocycles. The van der Waals surface area contributed by atoms with Crippen molar-refractivity contribution in [2.45, 2.75) is 50.7 Å². The van der Waals surface area contributed by atoms with Crippen molar-refractivity contribution in [1.29, 1.82) is 0 Å². The number of nitrogens with zero attached hydrogens (tertiary/aromatic N) is 7. The van der Waals surface area contributed by atoms with Crippen molar-refractivity contribution in [2.75, 3.05) is 7.11 Å². The third-order valence-electron chi connectivity index (χ3n) is 6.28. The number of hydrogen-bond acceptors (Lipinski definition) is 7. The van der Waals surface area contributed by atoms with Crippen LogP contribution in [0.1, 0.15) is 48.2 Å². The van der Waals surface area contributed by atoms with E-state index in [0.717, 1.165) is 48.0 Å². The summed E-state index contributed by atoms with van der Waals surface area (Å²) in [7, 11) is 1.68. The number of hydrogen-bond donors (Lipinski definition) is 0. The number of fused-ring (bicyclic) bond motifs is 3. The van der Waals surface area contributed by atoms with Gasteiger partial charge < -0.3 is 9.47 Å². The van der Waals surface area contributed by atoms with Gasteiger partial charge in [-0.05, 0) is 44.4 Å². The van der Waals surface area contributed by atoms with Gasteiger partial charge in [0.15, 0.2) is 23.1 Å². The first-order valence-electron chi connectivity index (χ1n) is 10.6. The van der Waals surface area contributed by atoms with Gasteiger partial charge >= 0.3 is 0 Å². The summed E-state index contributed by atoms with van der Waals surface area (Å²) >= 11 is 0. The predicted molar refractivity (Wildman–Crippen MR) is 111 cm³/mol. The quantitative estimate of drug-likeness (QED) is 0.493. The molecule has 9 heteroatoms. The monoisotopic (exact) mass is 417 g/mol. The molecule has 0 amide bonds. The van der Waals surface area contributed by atoms with E-state index in [1.54, 1.807) is 11.6 Å². The highest BCUT2D eigenvalue weighted by Gasteiger charge is 2.44. The van der Waals surface area contributed by atoms with Crippen LogP contribution in [0.5, 0.6) is 5.75 Å². The Labute approximate surface area is 179 Å². The molecule has 4 aromatic rings. The Hall–Kier alpha value is -3.33. The van der Waals surface area contributed by atoms with Crippen molar-refractivity contribution in [1.82, 2.24) is 34.6 Å². The zero-order valence-corrected chi connectivity index (χ0v) is 17.5. The van der Waals surface area contributed by atoms with Crippen LogP contribution in [0.2, 0.25) is 0 Å². The molecule has 2 saturated heterocycles. The number of benzene rings is 1. The van der Waals surface area contributed by atoms with E-state index in [4.69, 9.17) is 24.7 Å². The summed E-state index contributed by atoms with van der Waals surface area (Å²) in [5, 5.41) is 17.9.